The topological polar surface area (TPSA) is 60.7 Å². The van der Waals surface area contributed by atoms with Crippen LogP contribution in [0.4, 0.5) is 0 Å². The Bertz CT molecular complexity index is 1180. The fourth-order valence-electron chi connectivity index (χ4n) is 6.69. The van der Waals surface area contributed by atoms with E-state index in [1.54, 1.807) is 0 Å². The van der Waals surface area contributed by atoms with Crippen LogP contribution in [0.3, 0.4) is 0 Å². The maximum atomic E-state index is 10.3. The number of aryl methyl sites for hydroxylation is 3. The van der Waals surface area contributed by atoms with Crippen LogP contribution in [0, 0.1) is 31.6 Å². The Morgan fingerprint density at radius 3 is 1.97 bits per heavy atom. The van der Waals surface area contributed by atoms with Gasteiger partial charge in [-0.3, -0.25) is 0 Å². The predicted octanol–water partition coefficient (Wildman–Crippen LogP) is 6.94. The summed E-state index contributed by atoms with van der Waals surface area (Å²) in [5, 5.41) is 30.4. The number of phenolic OH excluding ortho intramolecular Hbond substituents is 3. The fourth-order valence-corrected chi connectivity index (χ4v) is 6.69. The van der Waals surface area contributed by atoms with Crippen molar-refractivity contribution in [1.82, 2.24) is 0 Å². The molecule has 0 heterocycles. The molecule has 0 amide bonds. The fraction of sp³-hybridized carbons (Fsp3) is 0.400. The smallest absolute Gasteiger partial charge is 0.118 e. The Labute approximate surface area is 196 Å². The maximum Gasteiger partial charge on any atom is 0.118 e. The summed E-state index contributed by atoms with van der Waals surface area (Å²) in [6, 6.07) is 18.3. The SMILES string of the molecule is CCc1cc(C(c2ccc(O)c(C)c2)C2CC3CC2CC3c2ccc(O)c(C)c2)ccc1O. The summed E-state index contributed by atoms with van der Waals surface area (Å²) in [7, 11) is 0. The second-order valence-corrected chi connectivity index (χ2v) is 10.3. The molecule has 0 radical (unpaired) electrons. The van der Waals surface area contributed by atoms with Crippen molar-refractivity contribution in [1.29, 1.82) is 0 Å². The largest absolute Gasteiger partial charge is 0.508 e. The lowest BCUT2D eigenvalue weighted by Crippen LogP contribution is -2.24. The second-order valence-electron chi connectivity index (χ2n) is 10.3. The highest BCUT2D eigenvalue weighted by molar-refractivity contribution is 5.45. The molecule has 5 atom stereocenters. The van der Waals surface area contributed by atoms with E-state index in [2.05, 4.69) is 43.3 Å². The van der Waals surface area contributed by atoms with Crippen molar-refractivity contribution < 1.29 is 15.3 Å². The van der Waals surface area contributed by atoms with Gasteiger partial charge in [-0.05, 0) is 115 Å². The second kappa shape index (κ2) is 8.44. The standard InChI is InChI=1S/C30H34O3/c1-4-19-13-22(7-10-29(19)33)30(21-6-9-28(32)18(3)12-21)26-16-23-14-24(26)15-25(23)20-5-8-27(31)17(2)11-20/h5-13,23-26,30-33H,4,14-16H2,1-3H3. The first-order chi connectivity index (χ1) is 15.9. The van der Waals surface area contributed by atoms with E-state index < -0.39 is 0 Å². The molecule has 0 spiro atoms. The van der Waals surface area contributed by atoms with E-state index in [0.717, 1.165) is 23.1 Å². The summed E-state index contributed by atoms with van der Waals surface area (Å²) in [5.41, 5.74) is 6.75. The molecule has 172 valence electrons. The molecule has 5 rings (SSSR count). The predicted molar refractivity (Wildman–Crippen MR) is 132 cm³/mol. The van der Waals surface area contributed by atoms with Crippen LogP contribution in [0.25, 0.3) is 0 Å². The highest BCUT2D eigenvalue weighted by atomic mass is 16.3. The van der Waals surface area contributed by atoms with Crippen molar-refractivity contribution in [2.75, 3.05) is 0 Å². The lowest BCUT2D eigenvalue weighted by molar-refractivity contribution is 0.279. The molecule has 3 aromatic rings. The zero-order chi connectivity index (χ0) is 23.3. The number of rotatable bonds is 5. The number of fused-ring (bicyclic) bond motifs is 2. The first kappa shape index (κ1) is 21.9. The lowest BCUT2D eigenvalue weighted by atomic mass is 9.69. The molecule has 2 fully saturated rings. The minimum absolute atomic E-state index is 0.257. The van der Waals surface area contributed by atoms with Crippen molar-refractivity contribution in [3.8, 4) is 17.2 Å². The number of benzene rings is 3. The van der Waals surface area contributed by atoms with Gasteiger partial charge in [0.05, 0.1) is 0 Å². The highest BCUT2D eigenvalue weighted by Gasteiger charge is 2.49. The number of hydrogen-bond acceptors (Lipinski definition) is 3. The first-order valence-corrected chi connectivity index (χ1v) is 12.3. The molecule has 0 aromatic heterocycles. The van der Waals surface area contributed by atoms with E-state index in [1.807, 2.05) is 32.0 Å². The van der Waals surface area contributed by atoms with Gasteiger partial charge in [0.1, 0.15) is 17.2 Å². The first-order valence-electron chi connectivity index (χ1n) is 12.3. The Morgan fingerprint density at radius 2 is 1.36 bits per heavy atom. The zero-order valence-electron chi connectivity index (χ0n) is 19.8. The van der Waals surface area contributed by atoms with E-state index in [9.17, 15) is 15.3 Å². The minimum atomic E-state index is 0.257. The molecular formula is C30H34O3. The highest BCUT2D eigenvalue weighted by Crippen LogP contribution is 2.60. The third kappa shape index (κ3) is 3.88. The van der Waals surface area contributed by atoms with Crippen LogP contribution in [0.1, 0.15) is 71.4 Å². The molecule has 3 aromatic carbocycles. The van der Waals surface area contributed by atoms with Gasteiger partial charge >= 0.3 is 0 Å². The summed E-state index contributed by atoms with van der Waals surface area (Å²) in [6.07, 6.45) is 4.43. The molecule has 3 nitrogen and oxygen atoms in total. The summed E-state index contributed by atoms with van der Waals surface area (Å²) in [5.74, 6) is 3.76. The van der Waals surface area contributed by atoms with Gasteiger partial charge in [0.2, 0.25) is 0 Å². The Balaban J connectivity index is 1.49. The molecule has 2 bridgehead atoms. The quantitative estimate of drug-likeness (QED) is 0.401. The van der Waals surface area contributed by atoms with Gasteiger partial charge in [0, 0.05) is 5.92 Å². The van der Waals surface area contributed by atoms with Gasteiger partial charge < -0.3 is 15.3 Å². The lowest BCUT2D eigenvalue weighted by Gasteiger charge is -2.35. The van der Waals surface area contributed by atoms with E-state index in [1.165, 1.54) is 36.0 Å². The van der Waals surface area contributed by atoms with Crippen molar-refractivity contribution in [3.63, 3.8) is 0 Å². The van der Waals surface area contributed by atoms with Crippen LogP contribution in [0.5, 0.6) is 17.2 Å². The van der Waals surface area contributed by atoms with Gasteiger partial charge in [-0.1, -0.05) is 43.3 Å². The van der Waals surface area contributed by atoms with Crippen molar-refractivity contribution in [2.24, 2.45) is 17.8 Å². The van der Waals surface area contributed by atoms with E-state index >= 15 is 0 Å². The monoisotopic (exact) mass is 442 g/mol. The van der Waals surface area contributed by atoms with E-state index in [4.69, 9.17) is 0 Å². The van der Waals surface area contributed by atoms with Gasteiger partial charge in [-0.2, -0.15) is 0 Å². The van der Waals surface area contributed by atoms with Crippen LogP contribution in [0.15, 0.2) is 54.6 Å². The Morgan fingerprint density at radius 1 is 0.727 bits per heavy atom. The van der Waals surface area contributed by atoms with Crippen molar-refractivity contribution >= 4 is 0 Å². The third-order valence-corrected chi connectivity index (χ3v) is 8.41. The van der Waals surface area contributed by atoms with Crippen LogP contribution >= 0.6 is 0 Å². The Hall–Kier alpha value is -2.94. The summed E-state index contributed by atoms with van der Waals surface area (Å²) in [4.78, 5) is 0. The Kier molecular flexibility index (Phi) is 5.60. The molecule has 5 unspecified atom stereocenters. The molecule has 3 heteroatoms. The van der Waals surface area contributed by atoms with Crippen LogP contribution in [-0.2, 0) is 6.42 Å². The van der Waals surface area contributed by atoms with Crippen LogP contribution in [-0.4, -0.2) is 15.3 Å². The summed E-state index contributed by atoms with van der Waals surface area (Å²) >= 11 is 0. The number of aromatic hydroxyl groups is 3. The molecular weight excluding hydrogens is 408 g/mol. The average molecular weight is 443 g/mol. The number of hydrogen-bond donors (Lipinski definition) is 3. The number of phenols is 3. The van der Waals surface area contributed by atoms with Crippen molar-refractivity contribution in [2.45, 2.75) is 58.3 Å². The molecule has 2 saturated carbocycles. The molecule has 3 N–H and O–H groups in total. The normalized spacial score (nSPS) is 24.8. The van der Waals surface area contributed by atoms with E-state index in [-0.39, 0.29) is 5.92 Å². The summed E-state index contributed by atoms with van der Waals surface area (Å²) in [6.45, 7) is 6.03. The molecule has 2 aliphatic carbocycles. The molecule has 33 heavy (non-hydrogen) atoms. The molecule has 0 saturated heterocycles. The van der Waals surface area contributed by atoms with Gasteiger partial charge in [-0.15, -0.1) is 0 Å². The van der Waals surface area contributed by atoms with Crippen LogP contribution in [0.2, 0.25) is 0 Å². The van der Waals surface area contributed by atoms with Crippen LogP contribution < -0.4 is 0 Å². The zero-order valence-corrected chi connectivity index (χ0v) is 19.8. The van der Waals surface area contributed by atoms with Crippen molar-refractivity contribution in [3.05, 3.63) is 88.0 Å². The molecule has 2 aliphatic rings. The minimum Gasteiger partial charge on any atom is -0.508 e. The van der Waals surface area contributed by atoms with Gasteiger partial charge in [0.25, 0.3) is 0 Å². The summed E-state index contributed by atoms with van der Waals surface area (Å²) < 4.78 is 0. The molecule has 0 aliphatic heterocycles. The third-order valence-electron chi connectivity index (χ3n) is 8.41. The van der Waals surface area contributed by atoms with E-state index in [0.29, 0.717) is 40.9 Å². The van der Waals surface area contributed by atoms with Gasteiger partial charge in [0.15, 0.2) is 0 Å². The van der Waals surface area contributed by atoms with Gasteiger partial charge in [-0.25, -0.2) is 0 Å². The maximum absolute atomic E-state index is 10.3. The average Bonchev–Trinajstić information content (AvgIpc) is 3.40.